The van der Waals surface area contributed by atoms with Gasteiger partial charge in [-0.3, -0.25) is 0 Å². The fourth-order valence-electron chi connectivity index (χ4n) is 1.15. The van der Waals surface area contributed by atoms with Crippen LogP contribution in [0.2, 0.25) is 0 Å². The minimum atomic E-state index is 1.21. The molecule has 1 nitrogen and oxygen atoms in total. The summed E-state index contributed by atoms with van der Waals surface area (Å²) in [4.78, 5) is 3.13. The number of allylic oxidation sites excluding steroid dienone is 3. The molecule has 0 atom stereocenters. The van der Waals surface area contributed by atoms with Gasteiger partial charge in [0, 0.05) is 11.9 Å². The number of aromatic amines is 1. The summed E-state index contributed by atoms with van der Waals surface area (Å²) in [6.07, 6.45) is 5.77. The zero-order chi connectivity index (χ0) is 8.27. The third kappa shape index (κ3) is 1.61. The van der Waals surface area contributed by atoms with E-state index in [0.29, 0.717) is 0 Å². The van der Waals surface area contributed by atoms with E-state index in [-0.39, 0.29) is 0 Å². The fourth-order valence-corrected chi connectivity index (χ4v) is 1.15. The summed E-state index contributed by atoms with van der Waals surface area (Å²) in [5, 5.41) is 0. The molecule has 0 amide bonds. The molecule has 0 saturated carbocycles. The molecule has 0 aliphatic heterocycles. The lowest BCUT2D eigenvalue weighted by Gasteiger charge is -1.96. The standard InChI is InChI=1S/C10H13N/c1-4-5-8(2)10-6-7-11-9(10)3/h4-7,11H,1H2,2-3H3/b8-5-. The average molecular weight is 147 g/mol. The predicted molar refractivity (Wildman–Crippen MR) is 49.4 cm³/mol. The molecular formula is C10H13N. The molecule has 1 heterocycles. The highest BCUT2D eigenvalue weighted by Crippen LogP contribution is 2.16. The molecule has 0 bridgehead atoms. The van der Waals surface area contributed by atoms with Gasteiger partial charge >= 0.3 is 0 Å². The van der Waals surface area contributed by atoms with E-state index in [9.17, 15) is 0 Å². The monoisotopic (exact) mass is 147 g/mol. The molecule has 0 aromatic carbocycles. The van der Waals surface area contributed by atoms with Crippen LogP contribution in [0.15, 0.2) is 31.0 Å². The van der Waals surface area contributed by atoms with Gasteiger partial charge in [0.1, 0.15) is 0 Å². The van der Waals surface area contributed by atoms with Gasteiger partial charge < -0.3 is 4.98 Å². The normalized spacial score (nSPS) is 11.6. The van der Waals surface area contributed by atoms with Crippen molar-refractivity contribution in [1.82, 2.24) is 4.98 Å². The van der Waals surface area contributed by atoms with E-state index < -0.39 is 0 Å². The maximum atomic E-state index is 3.65. The molecule has 0 radical (unpaired) electrons. The number of H-pyrrole nitrogens is 1. The Balaban J connectivity index is 3.01. The van der Waals surface area contributed by atoms with Crippen molar-refractivity contribution >= 4 is 5.57 Å². The molecule has 0 unspecified atom stereocenters. The quantitative estimate of drug-likeness (QED) is 0.619. The van der Waals surface area contributed by atoms with E-state index in [0.717, 1.165) is 0 Å². The van der Waals surface area contributed by atoms with Gasteiger partial charge in [-0.05, 0) is 31.1 Å². The van der Waals surface area contributed by atoms with Gasteiger partial charge in [-0.1, -0.05) is 18.7 Å². The minimum absolute atomic E-state index is 1.21. The molecule has 0 spiro atoms. The van der Waals surface area contributed by atoms with E-state index >= 15 is 0 Å². The lowest BCUT2D eigenvalue weighted by atomic mass is 10.1. The number of nitrogens with one attached hydrogen (secondary N) is 1. The molecule has 0 saturated heterocycles. The van der Waals surface area contributed by atoms with Crippen LogP contribution >= 0.6 is 0 Å². The van der Waals surface area contributed by atoms with E-state index in [1.165, 1.54) is 16.8 Å². The van der Waals surface area contributed by atoms with Crippen LogP contribution in [0.25, 0.3) is 5.57 Å². The average Bonchev–Trinajstić information content (AvgIpc) is 2.36. The second-order valence-corrected chi connectivity index (χ2v) is 2.60. The Kier molecular flexibility index (Phi) is 2.32. The summed E-state index contributed by atoms with van der Waals surface area (Å²) in [6.45, 7) is 7.80. The molecule has 1 aromatic rings. The summed E-state index contributed by atoms with van der Waals surface area (Å²) in [5.41, 5.74) is 3.73. The SMILES string of the molecule is C=C/C=C(/C)c1cc[nH]c1C. The summed E-state index contributed by atoms with van der Waals surface area (Å²) < 4.78 is 0. The van der Waals surface area contributed by atoms with Crippen LogP contribution in [0.1, 0.15) is 18.2 Å². The molecule has 1 N–H and O–H groups in total. The number of aromatic nitrogens is 1. The number of hydrogen-bond donors (Lipinski definition) is 1. The first-order valence-electron chi connectivity index (χ1n) is 3.69. The Morgan fingerprint density at radius 1 is 1.64 bits per heavy atom. The molecule has 0 aliphatic rings. The van der Waals surface area contributed by atoms with Crippen LogP contribution in [-0.4, -0.2) is 4.98 Å². The lowest BCUT2D eigenvalue weighted by Crippen LogP contribution is -1.79. The Hall–Kier alpha value is -1.24. The Bertz CT molecular complexity index is 279. The maximum Gasteiger partial charge on any atom is 0.0191 e. The summed E-state index contributed by atoms with van der Waals surface area (Å²) >= 11 is 0. The van der Waals surface area contributed by atoms with Crippen LogP contribution in [0.5, 0.6) is 0 Å². The van der Waals surface area contributed by atoms with Gasteiger partial charge in [0.15, 0.2) is 0 Å². The highest BCUT2D eigenvalue weighted by atomic mass is 14.7. The Labute approximate surface area is 67.5 Å². The second-order valence-electron chi connectivity index (χ2n) is 2.60. The van der Waals surface area contributed by atoms with Gasteiger partial charge in [0.25, 0.3) is 0 Å². The van der Waals surface area contributed by atoms with Crippen molar-refractivity contribution in [3.8, 4) is 0 Å². The first-order valence-corrected chi connectivity index (χ1v) is 3.69. The Morgan fingerprint density at radius 3 is 2.82 bits per heavy atom. The number of aryl methyl sites for hydroxylation is 1. The number of hydrogen-bond acceptors (Lipinski definition) is 0. The van der Waals surface area contributed by atoms with Crippen LogP contribution in [0.3, 0.4) is 0 Å². The molecule has 11 heavy (non-hydrogen) atoms. The molecular weight excluding hydrogens is 134 g/mol. The third-order valence-corrected chi connectivity index (χ3v) is 1.75. The molecule has 1 aromatic heterocycles. The van der Waals surface area contributed by atoms with Gasteiger partial charge in [-0.25, -0.2) is 0 Å². The minimum Gasteiger partial charge on any atom is -0.365 e. The highest BCUT2D eigenvalue weighted by Gasteiger charge is 1.98. The maximum absolute atomic E-state index is 3.65. The molecule has 58 valence electrons. The van der Waals surface area contributed by atoms with Gasteiger partial charge in [-0.2, -0.15) is 0 Å². The topological polar surface area (TPSA) is 15.8 Å². The van der Waals surface area contributed by atoms with Crippen molar-refractivity contribution in [2.75, 3.05) is 0 Å². The smallest absolute Gasteiger partial charge is 0.0191 e. The van der Waals surface area contributed by atoms with Crippen molar-refractivity contribution in [1.29, 1.82) is 0 Å². The van der Waals surface area contributed by atoms with Crippen LogP contribution < -0.4 is 0 Å². The van der Waals surface area contributed by atoms with E-state index in [4.69, 9.17) is 0 Å². The first kappa shape index (κ1) is 7.86. The van der Waals surface area contributed by atoms with E-state index in [1.807, 2.05) is 18.3 Å². The highest BCUT2D eigenvalue weighted by molar-refractivity contribution is 5.66. The van der Waals surface area contributed by atoms with E-state index in [1.54, 1.807) is 0 Å². The molecule has 0 aliphatic carbocycles. The van der Waals surface area contributed by atoms with Crippen LogP contribution in [0.4, 0.5) is 0 Å². The van der Waals surface area contributed by atoms with Crippen molar-refractivity contribution in [2.24, 2.45) is 0 Å². The molecule has 1 rings (SSSR count). The largest absolute Gasteiger partial charge is 0.365 e. The Morgan fingerprint density at radius 2 is 2.36 bits per heavy atom. The summed E-state index contributed by atoms with van der Waals surface area (Å²) in [6, 6.07) is 2.07. The number of rotatable bonds is 2. The van der Waals surface area contributed by atoms with Crippen molar-refractivity contribution < 1.29 is 0 Å². The predicted octanol–water partition coefficient (Wildman–Crippen LogP) is 2.91. The zero-order valence-corrected chi connectivity index (χ0v) is 7.02. The molecule has 0 fully saturated rings. The second kappa shape index (κ2) is 3.24. The third-order valence-electron chi connectivity index (χ3n) is 1.75. The van der Waals surface area contributed by atoms with Crippen molar-refractivity contribution in [3.05, 3.63) is 42.3 Å². The van der Waals surface area contributed by atoms with Crippen molar-refractivity contribution in [2.45, 2.75) is 13.8 Å². The lowest BCUT2D eigenvalue weighted by molar-refractivity contribution is 1.25. The van der Waals surface area contributed by atoms with Gasteiger partial charge in [0.05, 0.1) is 0 Å². The van der Waals surface area contributed by atoms with E-state index in [2.05, 4.69) is 31.5 Å². The van der Waals surface area contributed by atoms with Gasteiger partial charge in [-0.15, -0.1) is 0 Å². The van der Waals surface area contributed by atoms with Crippen molar-refractivity contribution in [3.63, 3.8) is 0 Å². The summed E-state index contributed by atoms with van der Waals surface area (Å²) in [5.74, 6) is 0. The first-order chi connectivity index (χ1) is 5.25. The zero-order valence-electron chi connectivity index (χ0n) is 7.02. The van der Waals surface area contributed by atoms with Gasteiger partial charge in [0.2, 0.25) is 0 Å². The van der Waals surface area contributed by atoms with Crippen LogP contribution in [-0.2, 0) is 0 Å². The molecule has 1 heteroatoms. The summed E-state index contributed by atoms with van der Waals surface area (Å²) in [7, 11) is 0. The fraction of sp³-hybridized carbons (Fsp3) is 0.200. The van der Waals surface area contributed by atoms with Crippen LogP contribution in [0, 0.1) is 6.92 Å².